The maximum atomic E-state index is 10.7. The van der Waals surface area contributed by atoms with Crippen LogP contribution in [0.2, 0.25) is 0 Å². The molecular formula is C30H23F3N2O3S. The number of hydrogen-bond acceptors (Lipinski definition) is 4. The summed E-state index contributed by atoms with van der Waals surface area (Å²) >= 11 is 0. The van der Waals surface area contributed by atoms with Gasteiger partial charge in [0.15, 0.2) is 16.7 Å². The first kappa shape index (κ1) is 27.7. The Morgan fingerprint density at radius 1 is 0.667 bits per heavy atom. The Labute approximate surface area is 224 Å². The van der Waals surface area contributed by atoms with Crippen LogP contribution in [0.15, 0.2) is 128 Å². The highest BCUT2D eigenvalue weighted by Gasteiger charge is 2.37. The van der Waals surface area contributed by atoms with Gasteiger partial charge in [0.1, 0.15) is 0 Å². The molecule has 9 heteroatoms. The molecule has 2 aromatic heterocycles. The lowest BCUT2D eigenvalue weighted by Crippen LogP contribution is -2.39. The van der Waals surface area contributed by atoms with Crippen molar-refractivity contribution in [1.29, 1.82) is 0 Å². The van der Waals surface area contributed by atoms with E-state index < -0.39 is 15.6 Å². The van der Waals surface area contributed by atoms with Crippen molar-refractivity contribution in [3.05, 3.63) is 133 Å². The van der Waals surface area contributed by atoms with Crippen molar-refractivity contribution in [3.8, 4) is 33.6 Å². The monoisotopic (exact) mass is 548 g/mol. The Morgan fingerprint density at radius 2 is 1.10 bits per heavy atom. The van der Waals surface area contributed by atoms with Gasteiger partial charge in [0.2, 0.25) is 11.4 Å². The minimum absolute atomic E-state index is 0.747. The van der Waals surface area contributed by atoms with Crippen LogP contribution in [0.4, 0.5) is 13.2 Å². The van der Waals surface area contributed by atoms with Gasteiger partial charge in [-0.05, 0) is 47.5 Å². The summed E-state index contributed by atoms with van der Waals surface area (Å²) in [6.07, 6.45) is 3.77. The molecule has 39 heavy (non-hydrogen) atoms. The van der Waals surface area contributed by atoms with Crippen LogP contribution in [-0.2, 0) is 16.7 Å². The molecule has 5 nitrogen and oxygen atoms in total. The molecule has 3 aromatic carbocycles. The molecule has 0 saturated carbocycles. The molecule has 5 rings (SSSR count). The maximum absolute atomic E-state index is 10.7. The zero-order valence-electron chi connectivity index (χ0n) is 20.5. The maximum Gasteiger partial charge on any atom is 0.485 e. The van der Waals surface area contributed by atoms with Crippen LogP contribution in [-0.4, -0.2) is 23.5 Å². The second-order valence-electron chi connectivity index (χ2n) is 8.46. The van der Waals surface area contributed by atoms with E-state index in [1.807, 2.05) is 18.5 Å². The summed E-state index contributed by atoms with van der Waals surface area (Å²) in [5.74, 6) is 0. The molecule has 0 atom stereocenters. The van der Waals surface area contributed by atoms with Gasteiger partial charge in [0, 0.05) is 41.2 Å². The Balaban J connectivity index is 0.000000386. The quantitative estimate of drug-likeness (QED) is 0.143. The zero-order valence-corrected chi connectivity index (χ0v) is 21.3. The topological polar surface area (TPSA) is 74.0 Å². The van der Waals surface area contributed by atoms with E-state index in [9.17, 15) is 13.2 Å². The molecule has 0 aliphatic rings. The summed E-state index contributed by atoms with van der Waals surface area (Å²) in [4.78, 5) is 4.34. The fourth-order valence-corrected chi connectivity index (χ4v) is 3.96. The molecule has 0 bridgehead atoms. The summed E-state index contributed by atoms with van der Waals surface area (Å²) < 4.78 is 61.3. The number of nitrogens with zero attached hydrogens (tertiary/aromatic N) is 2. The SMILES string of the molecule is O=S(=O)([O-])C(F)(F)F.c1ccc(-c2cc(-c3ccccc3)[n+](Cc3cccnc3)c(-c3ccccc3)c2)cc1. The molecule has 0 saturated heterocycles. The van der Waals surface area contributed by atoms with Gasteiger partial charge in [0.25, 0.3) is 0 Å². The highest BCUT2D eigenvalue weighted by molar-refractivity contribution is 7.86. The van der Waals surface area contributed by atoms with E-state index in [-0.39, 0.29) is 0 Å². The van der Waals surface area contributed by atoms with Crippen molar-refractivity contribution in [1.82, 2.24) is 4.98 Å². The molecule has 0 N–H and O–H groups in total. The summed E-state index contributed by atoms with van der Waals surface area (Å²) in [5, 5.41) is 0. The Kier molecular flexibility index (Phi) is 8.53. The van der Waals surface area contributed by atoms with Crippen LogP contribution in [0.3, 0.4) is 0 Å². The molecule has 0 fully saturated rings. The van der Waals surface area contributed by atoms with E-state index in [0.29, 0.717) is 0 Å². The molecule has 0 amide bonds. The largest absolute Gasteiger partial charge is 0.741 e. The second kappa shape index (κ2) is 12.0. The minimum Gasteiger partial charge on any atom is -0.741 e. The van der Waals surface area contributed by atoms with Gasteiger partial charge in [-0.1, -0.05) is 66.7 Å². The first-order valence-electron chi connectivity index (χ1n) is 11.8. The molecular weight excluding hydrogens is 525 g/mol. The van der Waals surface area contributed by atoms with Gasteiger partial charge < -0.3 is 4.55 Å². The number of alkyl halides is 3. The van der Waals surface area contributed by atoms with Crippen molar-refractivity contribution in [3.63, 3.8) is 0 Å². The summed E-state index contributed by atoms with van der Waals surface area (Å²) in [5.41, 5.74) is 2.71. The van der Waals surface area contributed by atoms with Crippen molar-refractivity contribution in [2.75, 3.05) is 0 Å². The molecule has 2 heterocycles. The first-order valence-corrected chi connectivity index (χ1v) is 13.2. The third-order valence-corrected chi connectivity index (χ3v) is 6.33. The summed E-state index contributed by atoms with van der Waals surface area (Å²) in [7, 11) is -6.09. The molecule has 0 unspecified atom stereocenters. The fourth-order valence-electron chi connectivity index (χ4n) is 3.96. The summed E-state index contributed by atoms with van der Waals surface area (Å²) in [6, 6.07) is 40.6. The molecule has 198 valence electrons. The van der Waals surface area contributed by atoms with Gasteiger partial charge in [-0.2, -0.15) is 17.7 Å². The smallest absolute Gasteiger partial charge is 0.485 e. The normalized spacial score (nSPS) is 11.4. The standard InChI is InChI=1S/C29H23N2.CHF3O3S/c1-4-12-24(13-5-1)27-19-28(25-14-6-2-7-15-25)31(22-23-11-10-18-30-21-23)29(20-27)26-16-8-3-9-17-26;2-1(3,4)8(5,6)7/h1-21H,22H2;(H,5,6,7)/q+1;/p-1. The van der Waals surface area contributed by atoms with Crippen LogP contribution < -0.4 is 4.57 Å². The Bertz CT molecular complexity index is 1550. The minimum atomic E-state index is -6.09. The number of hydrogen-bond donors (Lipinski definition) is 0. The molecule has 0 radical (unpaired) electrons. The van der Waals surface area contributed by atoms with Gasteiger partial charge in [-0.25, -0.2) is 8.42 Å². The van der Waals surface area contributed by atoms with Gasteiger partial charge >= 0.3 is 5.51 Å². The Hall–Kier alpha value is -4.34. The van der Waals surface area contributed by atoms with E-state index in [1.54, 1.807) is 0 Å². The van der Waals surface area contributed by atoms with Gasteiger partial charge in [-0.15, -0.1) is 0 Å². The van der Waals surface area contributed by atoms with Crippen molar-refractivity contribution >= 4 is 10.1 Å². The van der Waals surface area contributed by atoms with Crippen LogP contribution in [0.5, 0.6) is 0 Å². The molecule has 5 aromatic rings. The lowest BCUT2D eigenvalue weighted by molar-refractivity contribution is -0.666. The first-order chi connectivity index (χ1) is 18.6. The Morgan fingerprint density at radius 3 is 1.49 bits per heavy atom. The second-order valence-corrected chi connectivity index (χ2v) is 9.83. The van der Waals surface area contributed by atoms with E-state index in [0.717, 1.165) is 6.54 Å². The van der Waals surface area contributed by atoms with Crippen LogP contribution in [0.25, 0.3) is 33.6 Å². The predicted molar refractivity (Wildman–Crippen MR) is 142 cm³/mol. The number of pyridine rings is 2. The third kappa shape index (κ3) is 7.16. The highest BCUT2D eigenvalue weighted by atomic mass is 32.2. The number of benzene rings is 3. The van der Waals surface area contributed by atoms with E-state index in [4.69, 9.17) is 13.0 Å². The fraction of sp³-hybridized carbons (Fsp3) is 0.0667. The molecule has 0 aliphatic heterocycles. The third-order valence-electron chi connectivity index (χ3n) is 5.76. The average Bonchev–Trinajstić information content (AvgIpc) is 2.94. The highest BCUT2D eigenvalue weighted by Crippen LogP contribution is 2.29. The van der Waals surface area contributed by atoms with E-state index in [1.165, 1.54) is 39.2 Å². The van der Waals surface area contributed by atoms with Crippen molar-refractivity contribution < 1.29 is 30.7 Å². The van der Waals surface area contributed by atoms with Crippen LogP contribution in [0, 0.1) is 0 Å². The zero-order chi connectivity index (χ0) is 27.9. The van der Waals surface area contributed by atoms with E-state index >= 15 is 0 Å². The molecule has 0 spiro atoms. The lowest BCUT2D eigenvalue weighted by Gasteiger charge is -2.13. The lowest BCUT2D eigenvalue weighted by atomic mass is 9.98. The van der Waals surface area contributed by atoms with Crippen molar-refractivity contribution in [2.24, 2.45) is 0 Å². The predicted octanol–water partition coefficient (Wildman–Crippen LogP) is 6.47. The van der Waals surface area contributed by atoms with Crippen molar-refractivity contribution in [2.45, 2.75) is 12.1 Å². The van der Waals surface area contributed by atoms with Gasteiger partial charge in [-0.3, -0.25) is 4.98 Å². The number of rotatable bonds is 5. The summed E-state index contributed by atoms with van der Waals surface area (Å²) in [6.45, 7) is 0.747. The van der Waals surface area contributed by atoms with Crippen LogP contribution >= 0.6 is 0 Å². The average molecular weight is 549 g/mol. The molecule has 0 aliphatic carbocycles. The number of aromatic nitrogens is 2. The van der Waals surface area contributed by atoms with E-state index in [2.05, 4.69) is 119 Å². The van der Waals surface area contributed by atoms with Crippen LogP contribution in [0.1, 0.15) is 5.56 Å². The number of halogens is 3. The van der Waals surface area contributed by atoms with Gasteiger partial charge in [0.05, 0.1) is 0 Å².